The lowest BCUT2D eigenvalue weighted by atomic mass is 10.0. The molecule has 0 radical (unpaired) electrons. The summed E-state index contributed by atoms with van der Waals surface area (Å²) in [6.07, 6.45) is 1.28. The van der Waals surface area contributed by atoms with Crippen molar-refractivity contribution in [3.8, 4) is 0 Å². The van der Waals surface area contributed by atoms with Gasteiger partial charge in [-0.1, -0.05) is 30.3 Å². The number of amides is 1. The van der Waals surface area contributed by atoms with Crippen molar-refractivity contribution >= 4 is 15.9 Å². The molecule has 122 valence electrons. The molecule has 2 rings (SSSR count). The minimum Gasteiger partial charge on any atom is -0.333 e. The summed E-state index contributed by atoms with van der Waals surface area (Å²) in [6, 6.07) is 9.97. The Bertz CT molecular complexity index is 604. The first-order chi connectivity index (χ1) is 10.4. The third kappa shape index (κ3) is 4.79. The van der Waals surface area contributed by atoms with Gasteiger partial charge in [0.2, 0.25) is 15.9 Å². The normalized spacial score (nSPS) is 20.1. The first kappa shape index (κ1) is 16.9. The van der Waals surface area contributed by atoms with Gasteiger partial charge in [-0.3, -0.25) is 4.79 Å². The second kappa shape index (κ2) is 7.21. The average Bonchev–Trinajstić information content (AvgIpc) is 2.46. The van der Waals surface area contributed by atoms with E-state index in [0.717, 1.165) is 24.9 Å². The fourth-order valence-corrected chi connectivity index (χ4v) is 3.14. The van der Waals surface area contributed by atoms with Gasteiger partial charge in [-0.2, -0.15) is 0 Å². The quantitative estimate of drug-likeness (QED) is 0.853. The number of nitrogens with one attached hydrogen (secondary N) is 1. The first-order valence-corrected chi connectivity index (χ1v) is 9.23. The number of carbonyl (C=O) groups excluding carboxylic acids is 1. The summed E-state index contributed by atoms with van der Waals surface area (Å²) in [7, 11) is -1.21. The van der Waals surface area contributed by atoms with E-state index in [1.807, 2.05) is 42.3 Å². The zero-order valence-electron chi connectivity index (χ0n) is 13.0. The molecule has 1 aliphatic heterocycles. The standard InChI is InChI=1S/C15H23N3O3S/c1-17-10-11-18(15(19)8-9-16-22(2,20)21)14(12-17)13-6-4-3-5-7-13/h3-7,14,16H,8-12H2,1-2H3/t14-/m0/s1. The van der Waals surface area contributed by atoms with Gasteiger partial charge >= 0.3 is 0 Å². The molecule has 0 unspecified atom stereocenters. The topological polar surface area (TPSA) is 69.7 Å². The Morgan fingerprint density at radius 2 is 1.95 bits per heavy atom. The molecular weight excluding hydrogens is 302 g/mol. The Balaban J connectivity index is 2.04. The van der Waals surface area contributed by atoms with Crippen LogP contribution >= 0.6 is 0 Å². The van der Waals surface area contributed by atoms with Gasteiger partial charge in [0, 0.05) is 32.6 Å². The van der Waals surface area contributed by atoms with Crippen LogP contribution in [0.4, 0.5) is 0 Å². The summed E-state index contributed by atoms with van der Waals surface area (Å²) in [5, 5.41) is 0. The maximum absolute atomic E-state index is 12.4. The maximum Gasteiger partial charge on any atom is 0.224 e. The number of hydrogen-bond acceptors (Lipinski definition) is 4. The Morgan fingerprint density at radius 3 is 2.59 bits per heavy atom. The molecule has 0 aromatic heterocycles. The molecule has 1 aromatic carbocycles. The zero-order valence-corrected chi connectivity index (χ0v) is 13.8. The van der Waals surface area contributed by atoms with Gasteiger partial charge in [0.05, 0.1) is 12.3 Å². The summed E-state index contributed by atoms with van der Waals surface area (Å²) in [4.78, 5) is 16.5. The van der Waals surface area contributed by atoms with Crippen LogP contribution in [-0.4, -0.2) is 63.6 Å². The van der Waals surface area contributed by atoms with E-state index in [1.54, 1.807) is 0 Å². The van der Waals surface area contributed by atoms with Crippen molar-refractivity contribution in [2.24, 2.45) is 0 Å². The van der Waals surface area contributed by atoms with E-state index in [0.29, 0.717) is 6.54 Å². The summed E-state index contributed by atoms with van der Waals surface area (Å²) in [5.74, 6) is -0.0156. The van der Waals surface area contributed by atoms with Crippen LogP contribution in [-0.2, 0) is 14.8 Å². The fraction of sp³-hybridized carbons (Fsp3) is 0.533. The van der Waals surface area contributed by atoms with Crippen LogP contribution in [0.2, 0.25) is 0 Å². The molecule has 7 heteroatoms. The molecule has 0 aliphatic carbocycles. The van der Waals surface area contributed by atoms with Gasteiger partial charge in [0.15, 0.2) is 0 Å². The molecule has 22 heavy (non-hydrogen) atoms. The number of hydrogen-bond donors (Lipinski definition) is 1. The number of benzene rings is 1. The summed E-state index contributed by atoms with van der Waals surface area (Å²) in [6.45, 7) is 2.42. The minimum absolute atomic E-state index is 0.0156. The highest BCUT2D eigenvalue weighted by Gasteiger charge is 2.29. The minimum atomic E-state index is -3.25. The number of nitrogens with zero attached hydrogens (tertiary/aromatic N) is 2. The van der Waals surface area contributed by atoms with Crippen molar-refractivity contribution in [2.75, 3.05) is 39.5 Å². The predicted octanol–water partition coefficient (Wildman–Crippen LogP) is 0.441. The molecule has 0 spiro atoms. The van der Waals surface area contributed by atoms with Gasteiger partial charge in [-0.25, -0.2) is 13.1 Å². The Hall–Kier alpha value is -1.44. The van der Waals surface area contributed by atoms with Crippen LogP contribution in [0.15, 0.2) is 30.3 Å². The van der Waals surface area contributed by atoms with Crippen molar-refractivity contribution < 1.29 is 13.2 Å². The number of carbonyl (C=O) groups is 1. The van der Waals surface area contributed by atoms with Crippen molar-refractivity contribution in [1.29, 1.82) is 0 Å². The summed E-state index contributed by atoms with van der Waals surface area (Å²) >= 11 is 0. The van der Waals surface area contributed by atoms with Crippen LogP contribution in [0.3, 0.4) is 0 Å². The molecule has 0 bridgehead atoms. The second-order valence-electron chi connectivity index (χ2n) is 5.69. The van der Waals surface area contributed by atoms with E-state index < -0.39 is 10.0 Å². The van der Waals surface area contributed by atoms with Crippen molar-refractivity contribution in [3.05, 3.63) is 35.9 Å². The summed E-state index contributed by atoms with van der Waals surface area (Å²) < 4.78 is 24.5. The predicted molar refractivity (Wildman–Crippen MR) is 85.9 cm³/mol. The lowest BCUT2D eigenvalue weighted by Crippen LogP contribution is -2.49. The smallest absolute Gasteiger partial charge is 0.224 e. The van der Waals surface area contributed by atoms with E-state index >= 15 is 0 Å². The SMILES string of the molecule is CN1CCN(C(=O)CCNS(C)(=O)=O)[C@H](c2ccccc2)C1. The molecule has 1 amide bonds. The number of piperazine rings is 1. The van der Waals surface area contributed by atoms with E-state index in [1.165, 1.54) is 0 Å². The van der Waals surface area contributed by atoms with Crippen LogP contribution in [0, 0.1) is 0 Å². The van der Waals surface area contributed by atoms with E-state index in [4.69, 9.17) is 0 Å². The van der Waals surface area contributed by atoms with E-state index in [9.17, 15) is 13.2 Å². The second-order valence-corrected chi connectivity index (χ2v) is 7.53. The lowest BCUT2D eigenvalue weighted by molar-refractivity contribution is -0.136. The summed E-state index contributed by atoms with van der Waals surface area (Å²) in [5.41, 5.74) is 1.11. The maximum atomic E-state index is 12.4. The van der Waals surface area contributed by atoms with Crippen LogP contribution in [0.1, 0.15) is 18.0 Å². The number of likely N-dealkylation sites (N-methyl/N-ethyl adjacent to an activating group) is 1. The largest absolute Gasteiger partial charge is 0.333 e. The van der Waals surface area contributed by atoms with Crippen LogP contribution in [0.5, 0.6) is 0 Å². The lowest BCUT2D eigenvalue weighted by Gasteiger charge is -2.40. The third-order valence-corrected chi connectivity index (χ3v) is 4.52. The van der Waals surface area contributed by atoms with Crippen LogP contribution in [0.25, 0.3) is 0 Å². The average molecular weight is 325 g/mol. The van der Waals surface area contributed by atoms with E-state index in [-0.39, 0.29) is 24.9 Å². The zero-order chi connectivity index (χ0) is 16.2. The van der Waals surface area contributed by atoms with Gasteiger partial charge in [-0.15, -0.1) is 0 Å². The number of rotatable bonds is 5. The molecular formula is C15H23N3O3S. The first-order valence-electron chi connectivity index (χ1n) is 7.34. The highest BCUT2D eigenvalue weighted by atomic mass is 32.2. The Morgan fingerprint density at radius 1 is 1.27 bits per heavy atom. The van der Waals surface area contributed by atoms with Crippen molar-refractivity contribution in [1.82, 2.24) is 14.5 Å². The molecule has 0 saturated carbocycles. The van der Waals surface area contributed by atoms with Gasteiger partial charge in [0.25, 0.3) is 0 Å². The Labute approximate surface area is 132 Å². The third-order valence-electron chi connectivity index (χ3n) is 3.79. The highest BCUT2D eigenvalue weighted by molar-refractivity contribution is 7.88. The highest BCUT2D eigenvalue weighted by Crippen LogP contribution is 2.25. The van der Waals surface area contributed by atoms with E-state index in [2.05, 4.69) is 9.62 Å². The number of sulfonamides is 1. The van der Waals surface area contributed by atoms with Gasteiger partial charge < -0.3 is 9.80 Å². The molecule has 1 atom stereocenters. The van der Waals surface area contributed by atoms with Crippen molar-refractivity contribution in [2.45, 2.75) is 12.5 Å². The molecule has 6 nitrogen and oxygen atoms in total. The fourth-order valence-electron chi connectivity index (χ4n) is 2.67. The molecule has 1 aromatic rings. The molecule has 1 N–H and O–H groups in total. The molecule has 1 fully saturated rings. The van der Waals surface area contributed by atoms with Crippen molar-refractivity contribution in [3.63, 3.8) is 0 Å². The van der Waals surface area contributed by atoms with Gasteiger partial charge in [-0.05, 0) is 12.6 Å². The Kier molecular flexibility index (Phi) is 5.55. The molecule has 1 heterocycles. The molecule has 1 aliphatic rings. The monoisotopic (exact) mass is 325 g/mol. The molecule has 1 saturated heterocycles. The van der Waals surface area contributed by atoms with Crippen LogP contribution < -0.4 is 4.72 Å². The van der Waals surface area contributed by atoms with Gasteiger partial charge in [0.1, 0.15) is 0 Å².